The molecular weight excluding hydrogens is 217 g/mol. The molecule has 2 rings (SSSR count). The Hall–Kier alpha value is -0.775. The lowest BCUT2D eigenvalue weighted by atomic mass is 9.77. The zero-order valence-electron chi connectivity index (χ0n) is 11.1. The van der Waals surface area contributed by atoms with Gasteiger partial charge in [-0.3, -0.25) is 0 Å². The van der Waals surface area contributed by atoms with E-state index in [-0.39, 0.29) is 11.2 Å². The van der Waals surface area contributed by atoms with Crippen LogP contribution in [-0.4, -0.2) is 41.6 Å². The zero-order chi connectivity index (χ0) is 12.8. The van der Waals surface area contributed by atoms with E-state index in [0.29, 0.717) is 0 Å². The second kappa shape index (κ2) is 3.87. The van der Waals surface area contributed by atoms with Crippen LogP contribution in [-0.2, 0) is 9.31 Å². The quantitative estimate of drug-likeness (QED) is 0.698. The minimum Gasteiger partial charge on any atom is -0.399 e. The van der Waals surface area contributed by atoms with Crippen molar-refractivity contribution in [2.24, 2.45) is 0 Å². The Bertz CT molecular complexity index is 360. The fourth-order valence-corrected chi connectivity index (χ4v) is 1.77. The fourth-order valence-electron chi connectivity index (χ4n) is 1.77. The molecule has 2 aliphatic heterocycles. The second-order valence-corrected chi connectivity index (χ2v) is 5.65. The minimum atomic E-state index is -0.617. The molecule has 0 bridgehead atoms. The monoisotopic (exact) mass is 237 g/mol. The number of hydrogen-bond donors (Lipinski definition) is 1. The summed E-state index contributed by atoms with van der Waals surface area (Å²) in [5.41, 5.74) is 0.177. The first-order chi connectivity index (χ1) is 7.73. The van der Waals surface area contributed by atoms with Crippen LogP contribution in [0.2, 0.25) is 0 Å². The van der Waals surface area contributed by atoms with Crippen LogP contribution in [0.5, 0.6) is 0 Å². The third-order valence-electron chi connectivity index (χ3n) is 3.79. The largest absolute Gasteiger partial charge is 0.494 e. The van der Waals surface area contributed by atoms with Crippen molar-refractivity contribution in [2.45, 2.75) is 45.1 Å². The van der Waals surface area contributed by atoms with Gasteiger partial charge in [0.05, 0.1) is 11.2 Å². The van der Waals surface area contributed by atoms with E-state index >= 15 is 0 Å². The van der Waals surface area contributed by atoms with Crippen LogP contribution in [0.3, 0.4) is 0 Å². The molecule has 1 unspecified atom stereocenters. The third kappa shape index (κ3) is 2.15. The van der Waals surface area contributed by atoms with Gasteiger partial charge < -0.3 is 19.3 Å². The van der Waals surface area contributed by atoms with Crippen molar-refractivity contribution in [1.29, 1.82) is 0 Å². The van der Waals surface area contributed by atoms with Crippen LogP contribution < -0.4 is 0 Å². The highest BCUT2D eigenvalue weighted by Gasteiger charge is 2.52. The summed E-state index contributed by atoms with van der Waals surface area (Å²) in [5, 5.41) is 9.76. The normalized spacial score (nSPS) is 30.7. The molecule has 1 N–H and O–H groups in total. The van der Waals surface area contributed by atoms with Gasteiger partial charge in [0.15, 0.2) is 0 Å². The van der Waals surface area contributed by atoms with Gasteiger partial charge in [0, 0.05) is 13.2 Å². The Balaban J connectivity index is 2.17. The van der Waals surface area contributed by atoms with Gasteiger partial charge in [0.25, 0.3) is 0 Å². The number of hydrogen-bond acceptors (Lipinski definition) is 4. The lowest BCUT2D eigenvalue weighted by molar-refractivity contribution is 0.00578. The minimum absolute atomic E-state index is 0.347. The fraction of sp³-hybridized carbons (Fsp3) is 0.667. The lowest BCUT2D eigenvalue weighted by Crippen LogP contribution is -2.41. The number of allylic oxidation sites excluding steroid dienone is 2. The van der Waals surface area contributed by atoms with E-state index in [1.807, 2.05) is 47.0 Å². The van der Waals surface area contributed by atoms with E-state index in [4.69, 9.17) is 9.31 Å². The molecule has 1 saturated heterocycles. The van der Waals surface area contributed by atoms with Crippen LogP contribution in [0, 0.1) is 0 Å². The summed E-state index contributed by atoms with van der Waals surface area (Å²) < 4.78 is 11.8. The first-order valence-electron chi connectivity index (χ1n) is 5.88. The summed E-state index contributed by atoms with van der Waals surface area (Å²) >= 11 is 0. The van der Waals surface area contributed by atoms with Crippen molar-refractivity contribution in [1.82, 2.24) is 4.90 Å². The summed E-state index contributed by atoms with van der Waals surface area (Å²) in [6.07, 6.45) is 4.87. The van der Waals surface area contributed by atoms with Crippen molar-refractivity contribution in [3.8, 4) is 0 Å². The van der Waals surface area contributed by atoms with Gasteiger partial charge in [0.1, 0.15) is 6.23 Å². The second-order valence-electron chi connectivity index (χ2n) is 5.65. The number of aliphatic hydroxyl groups excluding tert-OH is 1. The molecule has 94 valence electrons. The SMILES string of the molecule is CN1C=CC(B2OC(C)(C)C(C)(C)O2)=CC1O. The maximum atomic E-state index is 9.76. The Kier molecular flexibility index (Phi) is 2.88. The predicted octanol–water partition coefficient (Wildman–Crippen LogP) is 1.32. The highest BCUT2D eigenvalue weighted by molar-refractivity contribution is 6.55. The smallest absolute Gasteiger partial charge is 0.399 e. The Morgan fingerprint density at radius 2 is 1.76 bits per heavy atom. The van der Waals surface area contributed by atoms with Crippen LogP contribution >= 0.6 is 0 Å². The summed E-state index contributed by atoms with van der Waals surface area (Å²) in [7, 11) is 1.41. The molecular formula is C12H20BNO3. The average molecular weight is 237 g/mol. The number of rotatable bonds is 1. The highest BCUT2D eigenvalue weighted by Crippen LogP contribution is 2.39. The number of nitrogens with zero attached hydrogens (tertiary/aromatic N) is 1. The first kappa shape index (κ1) is 12.7. The summed E-state index contributed by atoms with van der Waals surface area (Å²) in [6, 6.07) is 0. The van der Waals surface area contributed by atoms with E-state index in [9.17, 15) is 5.11 Å². The van der Waals surface area contributed by atoms with Gasteiger partial charge in [-0.25, -0.2) is 0 Å². The zero-order valence-corrected chi connectivity index (χ0v) is 11.1. The molecule has 0 amide bonds. The van der Waals surface area contributed by atoms with Crippen molar-refractivity contribution in [3.05, 3.63) is 23.8 Å². The van der Waals surface area contributed by atoms with E-state index in [2.05, 4.69) is 0 Å². The standard InChI is InChI=1S/C12H20BNO3/c1-11(2)12(3,4)17-13(16-11)9-6-7-14(5)10(15)8-9/h6-8,10,15H,1-5H3. The van der Waals surface area contributed by atoms with Gasteiger partial charge >= 0.3 is 7.12 Å². The summed E-state index contributed by atoms with van der Waals surface area (Å²) in [5.74, 6) is 0. The molecule has 5 heteroatoms. The van der Waals surface area contributed by atoms with Crippen LogP contribution in [0.25, 0.3) is 0 Å². The molecule has 0 aromatic rings. The maximum absolute atomic E-state index is 9.76. The Morgan fingerprint density at radius 3 is 2.24 bits per heavy atom. The van der Waals surface area contributed by atoms with Crippen molar-refractivity contribution in [3.63, 3.8) is 0 Å². The Labute approximate surface area is 103 Å². The van der Waals surface area contributed by atoms with Crippen molar-refractivity contribution < 1.29 is 14.4 Å². The van der Waals surface area contributed by atoms with Gasteiger partial charge in [-0.2, -0.15) is 0 Å². The average Bonchev–Trinajstić information content (AvgIpc) is 2.41. The molecule has 0 aliphatic carbocycles. The lowest BCUT2D eigenvalue weighted by Gasteiger charge is -2.32. The number of aliphatic hydroxyl groups is 1. The highest BCUT2D eigenvalue weighted by atomic mass is 16.7. The molecule has 2 heterocycles. The molecule has 0 aromatic carbocycles. The van der Waals surface area contributed by atoms with Crippen LogP contribution in [0.15, 0.2) is 23.8 Å². The van der Waals surface area contributed by atoms with Gasteiger partial charge in [0.2, 0.25) is 0 Å². The number of likely N-dealkylation sites (N-methyl/N-ethyl adjacent to an activating group) is 1. The molecule has 0 spiro atoms. The van der Waals surface area contributed by atoms with Gasteiger partial charge in [-0.1, -0.05) is 0 Å². The topological polar surface area (TPSA) is 41.9 Å². The molecule has 0 aromatic heterocycles. The van der Waals surface area contributed by atoms with Crippen LogP contribution in [0.1, 0.15) is 27.7 Å². The molecule has 0 saturated carbocycles. The van der Waals surface area contributed by atoms with E-state index < -0.39 is 13.3 Å². The summed E-state index contributed by atoms with van der Waals surface area (Å²) in [4.78, 5) is 1.72. The van der Waals surface area contributed by atoms with Gasteiger partial charge in [-0.05, 0) is 45.3 Å². The van der Waals surface area contributed by atoms with Gasteiger partial charge in [-0.15, -0.1) is 0 Å². The van der Waals surface area contributed by atoms with Crippen LogP contribution in [0.4, 0.5) is 0 Å². The van der Waals surface area contributed by atoms with E-state index in [1.54, 1.807) is 11.0 Å². The maximum Gasteiger partial charge on any atom is 0.494 e. The Morgan fingerprint density at radius 1 is 1.24 bits per heavy atom. The van der Waals surface area contributed by atoms with E-state index in [0.717, 1.165) is 5.47 Å². The van der Waals surface area contributed by atoms with Crippen molar-refractivity contribution >= 4 is 7.12 Å². The van der Waals surface area contributed by atoms with E-state index in [1.165, 1.54) is 0 Å². The molecule has 4 nitrogen and oxygen atoms in total. The predicted molar refractivity (Wildman–Crippen MR) is 67.1 cm³/mol. The molecule has 1 fully saturated rings. The van der Waals surface area contributed by atoms with Crippen molar-refractivity contribution in [2.75, 3.05) is 7.05 Å². The molecule has 1 atom stereocenters. The first-order valence-corrected chi connectivity index (χ1v) is 5.88. The molecule has 0 radical (unpaired) electrons. The molecule has 2 aliphatic rings. The molecule has 17 heavy (non-hydrogen) atoms. The third-order valence-corrected chi connectivity index (χ3v) is 3.79. The summed E-state index contributed by atoms with van der Waals surface area (Å²) in [6.45, 7) is 8.07.